The van der Waals surface area contributed by atoms with Gasteiger partial charge in [-0.1, -0.05) is 22.0 Å². The normalized spacial score (nSPS) is 14.7. The number of hydrogen-bond acceptors (Lipinski definition) is 3. The maximum Gasteiger partial charge on any atom is 0.253 e. The second-order valence-electron chi connectivity index (χ2n) is 5.17. The van der Waals surface area contributed by atoms with E-state index in [0.29, 0.717) is 0 Å². The predicted molar refractivity (Wildman–Crippen MR) is 86.5 cm³/mol. The lowest BCUT2D eigenvalue weighted by Crippen LogP contribution is -2.60. The standard InChI is InChI=1S/C16H16BrN3O/c1-19(16(21)12-5-7-13(17)8-6-12)14-10-20(11-14)15-4-2-3-9-18-15/h2-9,14H,10-11H2,1H3. The number of hydrogen-bond donors (Lipinski definition) is 0. The number of pyridine rings is 1. The second kappa shape index (κ2) is 5.85. The van der Waals surface area contributed by atoms with Gasteiger partial charge in [-0.05, 0) is 36.4 Å². The first kappa shape index (κ1) is 14.1. The number of benzene rings is 1. The Morgan fingerprint density at radius 2 is 1.95 bits per heavy atom. The minimum Gasteiger partial charge on any atom is -0.352 e. The van der Waals surface area contributed by atoms with Crippen LogP contribution in [0.1, 0.15) is 10.4 Å². The lowest BCUT2D eigenvalue weighted by Gasteiger charge is -2.44. The summed E-state index contributed by atoms with van der Waals surface area (Å²) in [6, 6.07) is 13.6. The summed E-state index contributed by atoms with van der Waals surface area (Å²) in [4.78, 5) is 20.7. The van der Waals surface area contributed by atoms with E-state index in [4.69, 9.17) is 0 Å². The topological polar surface area (TPSA) is 36.4 Å². The molecule has 0 atom stereocenters. The average molecular weight is 346 g/mol. The number of anilines is 1. The van der Waals surface area contributed by atoms with Crippen molar-refractivity contribution in [1.82, 2.24) is 9.88 Å². The molecule has 1 fully saturated rings. The van der Waals surface area contributed by atoms with Gasteiger partial charge < -0.3 is 9.80 Å². The van der Waals surface area contributed by atoms with E-state index in [1.807, 2.05) is 54.4 Å². The van der Waals surface area contributed by atoms with Crippen LogP contribution in [-0.4, -0.2) is 42.0 Å². The third-order valence-electron chi connectivity index (χ3n) is 3.79. The predicted octanol–water partition coefficient (Wildman–Crippen LogP) is 2.80. The fourth-order valence-corrected chi connectivity index (χ4v) is 2.65. The minimum absolute atomic E-state index is 0.0631. The Morgan fingerprint density at radius 1 is 1.24 bits per heavy atom. The fourth-order valence-electron chi connectivity index (χ4n) is 2.39. The van der Waals surface area contributed by atoms with E-state index in [2.05, 4.69) is 25.8 Å². The molecule has 2 heterocycles. The SMILES string of the molecule is CN(C(=O)c1ccc(Br)cc1)C1CN(c2ccccn2)C1. The van der Waals surface area contributed by atoms with Crippen molar-refractivity contribution in [1.29, 1.82) is 0 Å². The molecule has 1 amide bonds. The van der Waals surface area contributed by atoms with Gasteiger partial charge in [0.2, 0.25) is 0 Å². The number of nitrogens with zero attached hydrogens (tertiary/aromatic N) is 3. The van der Waals surface area contributed by atoms with E-state index in [9.17, 15) is 4.79 Å². The lowest BCUT2D eigenvalue weighted by molar-refractivity contribution is 0.0705. The van der Waals surface area contributed by atoms with Crippen molar-refractivity contribution in [3.63, 3.8) is 0 Å². The monoisotopic (exact) mass is 345 g/mol. The van der Waals surface area contributed by atoms with Gasteiger partial charge in [0.05, 0.1) is 6.04 Å². The first-order valence-corrected chi connectivity index (χ1v) is 7.63. The minimum atomic E-state index is 0.0631. The Balaban J connectivity index is 1.61. The van der Waals surface area contributed by atoms with Crippen LogP contribution in [0.3, 0.4) is 0 Å². The van der Waals surface area contributed by atoms with E-state index in [1.54, 1.807) is 6.20 Å². The lowest BCUT2D eigenvalue weighted by atomic mass is 10.1. The zero-order valence-electron chi connectivity index (χ0n) is 11.7. The number of halogens is 1. The van der Waals surface area contributed by atoms with Crippen LogP contribution in [-0.2, 0) is 0 Å². The van der Waals surface area contributed by atoms with Crippen LogP contribution < -0.4 is 4.90 Å². The van der Waals surface area contributed by atoms with Crippen molar-refractivity contribution < 1.29 is 4.79 Å². The molecule has 0 bridgehead atoms. The van der Waals surface area contributed by atoms with E-state index < -0.39 is 0 Å². The molecule has 4 nitrogen and oxygen atoms in total. The van der Waals surface area contributed by atoms with E-state index >= 15 is 0 Å². The van der Waals surface area contributed by atoms with Crippen LogP contribution in [0.25, 0.3) is 0 Å². The summed E-state index contributed by atoms with van der Waals surface area (Å²) >= 11 is 3.38. The zero-order valence-corrected chi connectivity index (χ0v) is 13.3. The van der Waals surface area contributed by atoms with Crippen molar-refractivity contribution in [3.8, 4) is 0 Å². The number of rotatable bonds is 3. The highest BCUT2D eigenvalue weighted by atomic mass is 79.9. The van der Waals surface area contributed by atoms with Gasteiger partial charge in [-0.25, -0.2) is 4.98 Å². The molecule has 0 unspecified atom stereocenters. The van der Waals surface area contributed by atoms with Gasteiger partial charge >= 0.3 is 0 Å². The summed E-state index contributed by atoms with van der Waals surface area (Å²) < 4.78 is 0.978. The van der Waals surface area contributed by atoms with Gasteiger partial charge in [0.25, 0.3) is 5.91 Å². The Bertz CT molecular complexity index is 624. The maximum absolute atomic E-state index is 12.4. The highest BCUT2D eigenvalue weighted by Crippen LogP contribution is 2.22. The zero-order chi connectivity index (χ0) is 14.8. The molecule has 108 valence electrons. The van der Waals surface area contributed by atoms with E-state index in [0.717, 1.165) is 28.9 Å². The second-order valence-corrected chi connectivity index (χ2v) is 6.09. The average Bonchev–Trinajstić information content (AvgIpc) is 2.47. The first-order valence-electron chi connectivity index (χ1n) is 6.84. The molecule has 1 aliphatic heterocycles. The van der Waals surface area contributed by atoms with E-state index in [-0.39, 0.29) is 11.9 Å². The Labute approximate surface area is 132 Å². The van der Waals surface area contributed by atoms with Gasteiger partial charge in [0.15, 0.2) is 0 Å². The molecule has 1 saturated heterocycles. The highest BCUT2D eigenvalue weighted by Gasteiger charge is 2.33. The van der Waals surface area contributed by atoms with Crippen molar-refractivity contribution >= 4 is 27.7 Å². The number of aromatic nitrogens is 1. The molecule has 0 spiro atoms. The molecule has 0 radical (unpaired) electrons. The highest BCUT2D eigenvalue weighted by molar-refractivity contribution is 9.10. The number of carbonyl (C=O) groups is 1. The van der Waals surface area contributed by atoms with Gasteiger partial charge in [-0.2, -0.15) is 0 Å². The van der Waals surface area contributed by atoms with Gasteiger partial charge in [-0.15, -0.1) is 0 Å². The first-order chi connectivity index (χ1) is 10.1. The van der Waals surface area contributed by atoms with Crippen LogP contribution in [0.2, 0.25) is 0 Å². The molecule has 0 saturated carbocycles. The molecule has 1 aromatic heterocycles. The molecule has 5 heteroatoms. The molecule has 0 aliphatic carbocycles. The van der Waals surface area contributed by atoms with Gasteiger partial charge in [0.1, 0.15) is 5.82 Å². The van der Waals surface area contributed by atoms with Crippen LogP contribution in [0.15, 0.2) is 53.1 Å². The van der Waals surface area contributed by atoms with Crippen molar-refractivity contribution in [2.45, 2.75) is 6.04 Å². The molecular weight excluding hydrogens is 330 g/mol. The van der Waals surface area contributed by atoms with Crippen LogP contribution in [0.5, 0.6) is 0 Å². The van der Waals surface area contributed by atoms with Crippen molar-refractivity contribution in [3.05, 3.63) is 58.7 Å². The van der Waals surface area contributed by atoms with Crippen LogP contribution >= 0.6 is 15.9 Å². The number of amides is 1. The summed E-state index contributed by atoms with van der Waals surface area (Å²) in [5.74, 6) is 1.03. The fraction of sp³-hybridized carbons (Fsp3) is 0.250. The Kier molecular flexibility index (Phi) is 3.92. The smallest absolute Gasteiger partial charge is 0.253 e. The molecule has 3 rings (SSSR count). The molecule has 21 heavy (non-hydrogen) atoms. The Morgan fingerprint density at radius 3 is 2.57 bits per heavy atom. The Hall–Kier alpha value is -1.88. The molecule has 0 N–H and O–H groups in total. The summed E-state index contributed by atoms with van der Waals surface area (Å²) in [6.45, 7) is 1.66. The summed E-state index contributed by atoms with van der Waals surface area (Å²) in [7, 11) is 1.87. The third kappa shape index (κ3) is 2.93. The van der Waals surface area contributed by atoms with Gasteiger partial charge in [0, 0.05) is 36.4 Å². The molecule has 2 aromatic rings. The van der Waals surface area contributed by atoms with Crippen molar-refractivity contribution in [2.24, 2.45) is 0 Å². The quantitative estimate of drug-likeness (QED) is 0.858. The summed E-state index contributed by atoms with van der Waals surface area (Å²) in [5.41, 5.74) is 0.719. The molecular formula is C16H16BrN3O. The van der Waals surface area contributed by atoms with Gasteiger partial charge in [-0.3, -0.25) is 4.79 Å². The van der Waals surface area contributed by atoms with E-state index in [1.165, 1.54) is 0 Å². The third-order valence-corrected chi connectivity index (χ3v) is 4.32. The van der Waals surface area contributed by atoms with Crippen LogP contribution in [0, 0.1) is 0 Å². The summed E-state index contributed by atoms with van der Waals surface area (Å²) in [5, 5.41) is 0. The maximum atomic E-state index is 12.4. The van der Waals surface area contributed by atoms with Crippen molar-refractivity contribution in [2.75, 3.05) is 25.0 Å². The number of carbonyl (C=O) groups excluding carboxylic acids is 1. The summed E-state index contributed by atoms with van der Waals surface area (Å²) in [6.07, 6.45) is 1.79. The number of likely N-dealkylation sites (N-methyl/N-ethyl adjacent to an activating group) is 1. The largest absolute Gasteiger partial charge is 0.352 e. The molecule has 1 aromatic carbocycles. The van der Waals surface area contributed by atoms with Crippen LogP contribution in [0.4, 0.5) is 5.82 Å². The molecule has 1 aliphatic rings.